The largest absolute Gasteiger partial charge is 0.335 e. The number of pyridine rings is 1. The van der Waals surface area contributed by atoms with Crippen LogP contribution in [-0.4, -0.2) is 21.8 Å². The van der Waals surface area contributed by atoms with Gasteiger partial charge in [-0.1, -0.05) is 37.5 Å². The highest BCUT2D eigenvalue weighted by Gasteiger charge is 2.24. The molecule has 0 bridgehead atoms. The molecule has 1 heterocycles. The predicted molar refractivity (Wildman–Crippen MR) is 92.4 cm³/mol. The van der Waals surface area contributed by atoms with Crippen LogP contribution in [0.3, 0.4) is 0 Å². The SMILES string of the molecule is CC(=O)N(Cc1cc2cccc(C)c2[nH]c1=O)C1CCCCC1. The Morgan fingerprint density at radius 2 is 2.00 bits per heavy atom. The first-order chi connectivity index (χ1) is 11.1. The molecule has 2 aromatic rings. The Bertz CT molecular complexity index is 773. The summed E-state index contributed by atoms with van der Waals surface area (Å²) in [4.78, 5) is 29.4. The molecule has 1 saturated carbocycles. The van der Waals surface area contributed by atoms with Crippen molar-refractivity contribution in [2.75, 3.05) is 0 Å². The van der Waals surface area contributed by atoms with Gasteiger partial charge in [0.25, 0.3) is 5.56 Å². The minimum absolute atomic E-state index is 0.0561. The second-order valence-corrected chi connectivity index (χ2v) is 6.60. The van der Waals surface area contributed by atoms with Gasteiger partial charge in [0.1, 0.15) is 0 Å². The molecule has 1 aromatic carbocycles. The minimum Gasteiger partial charge on any atom is -0.335 e. The lowest BCUT2D eigenvalue weighted by molar-refractivity contribution is -0.132. The van der Waals surface area contributed by atoms with Gasteiger partial charge in [-0.25, -0.2) is 0 Å². The van der Waals surface area contributed by atoms with Gasteiger partial charge in [0, 0.05) is 18.5 Å². The molecule has 122 valence electrons. The van der Waals surface area contributed by atoms with Crippen LogP contribution in [0.1, 0.15) is 50.2 Å². The maximum atomic E-state index is 12.4. The zero-order valence-corrected chi connectivity index (χ0v) is 13.9. The van der Waals surface area contributed by atoms with Gasteiger partial charge < -0.3 is 9.88 Å². The summed E-state index contributed by atoms with van der Waals surface area (Å²) in [5.74, 6) is 0.0561. The molecule has 1 aliphatic rings. The molecule has 0 radical (unpaired) electrons. The van der Waals surface area contributed by atoms with Crippen molar-refractivity contribution in [1.29, 1.82) is 0 Å². The topological polar surface area (TPSA) is 53.2 Å². The van der Waals surface area contributed by atoms with Crippen molar-refractivity contribution in [3.05, 3.63) is 45.7 Å². The molecule has 0 unspecified atom stereocenters. The second kappa shape index (κ2) is 6.57. The molecule has 1 aliphatic carbocycles. The van der Waals surface area contributed by atoms with Gasteiger partial charge >= 0.3 is 0 Å². The van der Waals surface area contributed by atoms with Crippen LogP contribution in [-0.2, 0) is 11.3 Å². The molecule has 0 spiro atoms. The number of nitrogens with one attached hydrogen (secondary N) is 1. The first-order valence-corrected chi connectivity index (χ1v) is 8.45. The third-order valence-corrected chi connectivity index (χ3v) is 4.93. The summed E-state index contributed by atoms with van der Waals surface area (Å²) in [7, 11) is 0. The summed E-state index contributed by atoms with van der Waals surface area (Å²) in [6.45, 7) is 4.00. The van der Waals surface area contributed by atoms with Crippen molar-refractivity contribution in [2.45, 2.75) is 58.5 Å². The lowest BCUT2D eigenvalue weighted by Gasteiger charge is -2.33. The first kappa shape index (κ1) is 15.8. The fourth-order valence-corrected chi connectivity index (χ4v) is 3.62. The molecule has 1 aromatic heterocycles. The predicted octanol–water partition coefficient (Wildman–Crippen LogP) is 3.52. The number of nitrogens with zero attached hydrogens (tertiary/aromatic N) is 1. The minimum atomic E-state index is -0.0890. The Kier molecular flexibility index (Phi) is 4.51. The molecule has 0 atom stereocenters. The Morgan fingerprint density at radius 1 is 1.26 bits per heavy atom. The molecule has 4 heteroatoms. The van der Waals surface area contributed by atoms with Crippen molar-refractivity contribution in [2.24, 2.45) is 0 Å². The third-order valence-electron chi connectivity index (χ3n) is 4.93. The number of aryl methyl sites for hydroxylation is 1. The summed E-state index contributed by atoms with van der Waals surface area (Å²) < 4.78 is 0. The molecule has 1 amide bonds. The van der Waals surface area contributed by atoms with Gasteiger partial charge in [-0.2, -0.15) is 0 Å². The Morgan fingerprint density at radius 3 is 2.70 bits per heavy atom. The van der Waals surface area contributed by atoms with Crippen LogP contribution in [0, 0.1) is 6.92 Å². The van der Waals surface area contributed by atoms with Crippen LogP contribution < -0.4 is 5.56 Å². The zero-order chi connectivity index (χ0) is 16.4. The molecule has 0 saturated heterocycles. The van der Waals surface area contributed by atoms with Crippen LogP contribution in [0.25, 0.3) is 10.9 Å². The molecular weight excluding hydrogens is 288 g/mol. The van der Waals surface area contributed by atoms with Crippen molar-refractivity contribution in [3.63, 3.8) is 0 Å². The standard InChI is InChI=1S/C19H24N2O2/c1-13-7-6-8-15-11-16(19(23)20-18(13)15)12-21(14(2)22)17-9-4-3-5-10-17/h6-8,11,17H,3-5,9-10,12H2,1-2H3,(H,20,23). The molecule has 3 rings (SSSR count). The van der Waals surface area contributed by atoms with Crippen LogP contribution in [0.2, 0.25) is 0 Å². The van der Waals surface area contributed by atoms with E-state index in [0.29, 0.717) is 12.1 Å². The fraction of sp³-hybridized carbons (Fsp3) is 0.474. The number of aromatic nitrogens is 1. The fourth-order valence-electron chi connectivity index (χ4n) is 3.62. The van der Waals surface area contributed by atoms with E-state index in [4.69, 9.17) is 0 Å². The highest BCUT2D eigenvalue weighted by molar-refractivity contribution is 5.82. The lowest BCUT2D eigenvalue weighted by atomic mass is 9.93. The van der Waals surface area contributed by atoms with Gasteiger partial charge in [-0.3, -0.25) is 9.59 Å². The van der Waals surface area contributed by atoms with Crippen molar-refractivity contribution < 1.29 is 4.79 Å². The van der Waals surface area contributed by atoms with E-state index in [0.717, 1.165) is 29.3 Å². The third kappa shape index (κ3) is 3.31. The number of hydrogen-bond acceptors (Lipinski definition) is 2. The number of fused-ring (bicyclic) bond motifs is 1. The molecule has 0 aliphatic heterocycles. The quantitative estimate of drug-likeness (QED) is 0.943. The van der Waals surface area contributed by atoms with Gasteiger partial charge in [0.15, 0.2) is 0 Å². The average Bonchev–Trinajstić information content (AvgIpc) is 2.54. The molecule has 4 nitrogen and oxygen atoms in total. The van der Waals surface area contributed by atoms with Gasteiger partial charge in [0.2, 0.25) is 5.91 Å². The number of hydrogen-bond donors (Lipinski definition) is 1. The van der Waals surface area contributed by atoms with E-state index in [-0.39, 0.29) is 17.5 Å². The van der Waals surface area contributed by atoms with E-state index in [1.807, 2.05) is 36.1 Å². The summed E-state index contributed by atoms with van der Waals surface area (Å²) in [6.07, 6.45) is 5.68. The molecule has 1 fully saturated rings. The van der Waals surface area contributed by atoms with Crippen molar-refractivity contribution in [1.82, 2.24) is 9.88 Å². The Labute approximate surface area is 136 Å². The second-order valence-electron chi connectivity index (χ2n) is 6.60. The van der Waals surface area contributed by atoms with Crippen molar-refractivity contribution >= 4 is 16.8 Å². The highest BCUT2D eigenvalue weighted by Crippen LogP contribution is 2.24. The van der Waals surface area contributed by atoms with Gasteiger partial charge in [-0.15, -0.1) is 0 Å². The molecule has 1 N–H and O–H groups in total. The normalized spacial score (nSPS) is 15.7. The summed E-state index contributed by atoms with van der Waals surface area (Å²) in [6, 6.07) is 8.18. The highest BCUT2D eigenvalue weighted by atomic mass is 16.2. The van der Waals surface area contributed by atoms with E-state index in [1.165, 1.54) is 19.3 Å². The zero-order valence-electron chi connectivity index (χ0n) is 13.9. The van der Waals surface area contributed by atoms with E-state index < -0.39 is 0 Å². The number of rotatable bonds is 3. The van der Waals surface area contributed by atoms with Gasteiger partial charge in [0.05, 0.1) is 12.1 Å². The Hall–Kier alpha value is -2.10. The number of aromatic amines is 1. The van der Waals surface area contributed by atoms with Crippen molar-refractivity contribution in [3.8, 4) is 0 Å². The van der Waals surface area contributed by atoms with E-state index in [9.17, 15) is 9.59 Å². The van der Waals surface area contributed by atoms with Crippen LogP contribution in [0.5, 0.6) is 0 Å². The smallest absolute Gasteiger partial charge is 0.253 e. The average molecular weight is 312 g/mol. The lowest BCUT2D eigenvalue weighted by Crippen LogP contribution is -2.40. The number of carbonyl (C=O) groups excluding carboxylic acids is 1. The summed E-state index contributed by atoms with van der Waals surface area (Å²) in [5.41, 5.74) is 2.52. The Balaban J connectivity index is 1.93. The van der Waals surface area contributed by atoms with E-state index in [2.05, 4.69) is 4.98 Å². The number of para-hydroxylation sites is 1. The van der Waals surface area contributed by atoms with Crippen LogP contribution >= 0.6 is 0 Å². The van der Waals surface area contributed by atoms with E-state index in [1.54, 1.807) is 6.92 Å². The monoisotopic (exact) mass is 312 g/mol. The number of carbonyl (C=O) groups is 1. The van der Waals surface area contributed by atoms with Crippen LogP contribution in [0.15, 0.2) is 29.1 Å². The summed E-state index contributed by atoms with van der Waals surface area (Å²) in [5, 5.41) is 1.02. The van der Waals surface area contributed by atoms with Gasteiger partial charge in [-0.05, 0) is 36.8 Å². The maximum Gasteiger partial charge on any atom is 0.253 e. The number of H-pyrrole nitrogens is 1. The maximum absolute atomic E-state index is 12.4. The molecular formula is C19H24N2O2. The summed E-state index contributed by atoms with van der Waals surface area (Å²) >= 11 is 0. The number of amides is 1. The molecule has 23 heavy (non-hydrogen) atoms. The van der Waals surface area contributed by atoms with Crippen LogP contribution in [0.4, 0.5) is 0 Å². The van der Waals surface area contributed by atoms with E-state index >= 15 is 0 Å². The number of benzene rings is 1. The first-order valence-electron chi connectivity index (χ1n) is 8.45.